The Morgan fingerprint density at radius 3 is 2.89 bits per heavy atom. The van der Waals surface area contributed by atoms with Gasteiger partial charge in [-0.2, -0.15) is 0 Å². The molecule has 0 saturated carbocycles. The van der Waals surface area contributed by atoms with Gasteiger partial charge in [-0.15, -0.1) is 0 Å². The molecule has 1 aromatic carbocycles. The topological polar surface area (TPSA) is 83.6 Å². The van der Waals surface area contributed by atoms with Crippen LogP contribution in [0.1, 0.15) is 29.6 Å². The molecule has 3 N–H and O–H groups in total. The number of carboxylic acids is 1. The number of nitrogens with two attached hydrogens (primary N) is 1. The van der Waals surface area contributed by atoms with E-state index in [1.54, 1.807) is 29.2 Å². The van der Waals surface area contributed by atoms with E-state index in [9.17, 15) is 9.59 Å². The number of carbonyl (C=O) groups excluding carboxylic acids is 1. The maximum absolute atomic E-state index is 12.3. The van der Waals surface area contributed by atoms with Crippen LogP contribution in [0.4, 0.5) is 5.69 Å². The minimum Gasteiger partial charge on any atom is -0.481 e. The van der Waals surface area contributed by atoms with Gasteiger partial charge in [-0.25, -0.2) is 0 Å². The summed E-state index contributed by atoms with van der Waals surface area (Å²) < 4.78 is 0. The summed E-state index contributed by atoms with van der Waals surface area (Å²) in [6.45, 7) is 0.617. The number of nitrogens with zero attached hydrogens (tertiary/aromatic N) is 1. The Kier molecular flexibility index (Phi) is 3.50. The van der Waals surface area contributed by atoms with Crippen LogP contribution in [0.2, 0.25) is 0 Å². The van der Waals surface area contributed by atoms with Crippen molar-refractivity contribution in [3.05, 3.63) is 29.8 Å². The van der Waals surface area contributed by atoms with Crippen molar-refractivity contribution in [2.45, 2.75) is 25.3 Å². The molecule has 1 heterocycles. The first-order chi connectivity index (χ1) is 8.58. The van der Waals surface area contributed by atoms with E-state index >= 15 is 0 Å². The monoisotopic (exact) mass is 248 g/mol. The summed E-state index contributed by atoms with van der Waals surface area (Å²) in [5.41, 5.74) is 6.70. The lowest BCUT2D eigenvalue weighted by molar-refractivity contribution is -0.137. The molecule has 1 unspecified atom stereocenters. The van der Waals surface area contributed by atoms with E-state index in [4.69, 9.17) is 10.8 Å². The fraction of sp³-hybridized carbons (Fsp3) is 0.385. The van der Waals surface area contributed by atoms with Crippen molar-refractivity contribution < 1.29 is 14.7 Å². The van der Waals surface area contributed by atoms with E-state index in [1.807, 2.05) is 0 Å². The van der Waals surface area contributed by atoms with Crippen molar-refractivity contribution in [1.29, 1.82) is 0 Å². The smallest absolute Gasteiger partial charge is 0.305 e. The van der Waals surface area contributed by atoms with Crippen LogP contribution in [0.5, 0.6) is 0 Å². The lowest BCUT2D eigenvalue weighted by atomic mass is 10.1. The number of benzene rings is 1. The molecular formula is C13H16N2O3. The number of carbonyl (C=O) groups is 2. The van der Waals surface area contributed by atoms with Crippen molar-refractivity contribution in [3.63, 3.8) is 0 Å². The summed E-state index contributed by atoms with van der Waals surface area (Å²) in [5.74, 6) is -1.00. The van der Waals surface area contributed by atoms with Gasteiger partial charge in [0.1, 0.15) is 0 Å². The maximum Gasteiger partial charge on any atom is 0.305 e. The highest BCUT2D eigenvalue weighted by molar-refractivity contribution is 5.95. The second kappa shape index (κ2) is 5.08. The highest BCUT2D eigenvalue weighted by Gasteiger charge is 2.30. The molecule has 0 aromatic heterocycles. The lowest BCUT2D eigenvalue weighted by Gasteiger charge is -2.23. The Labute approximate surface area is 105 Å². The molecule has 18 heavy (non-hydrogen) atoms. The van der Waals surface area contributed by atoms with Crippen LogP contribution < -0.4 is 5.73 Å². The lowest BCUT2D eigenvalue weighted by Crippen LogP contribution is -2.36. The summed E-state index contributed by atoms with van der Waals surface area (Å²) in [4.78, 5) is 24.7. The first-order valence-corrected chi connectivity index (χ1v) is 5.96. The van der Waals surface area contributed by atoms with Gasteiger partial charge in [-0.1, -0.05) is 6.07 Å². The molecule has 2 rings (SSSR count). The molecule has 96 valence electrons. The summed E-state index contributed by atoms with van der Waals surface area (Å²) in [5, 5.41) is 8.83. The molecule has 1 amide bonds. The van der Waals surface area contributed by atoms with Crippen LogP contribution in [0.3, 0.4) is 0 Å². The standard InChI is InChI=1S/C13H16N2O3/c14-10-4-1-3-9(7-10)13(18)15-6-2-5-11(15)8-12(16)17/h1,3-4,7,11H,2,5-6,8,14H2,(H,16,17). The third kappa shape index (κ3) is 2.61. The van der Waals surface area contributed by atoms with Crippen molar-refractivity contribution in [2.75, 3.05) is 12.3 Å². The molecule has 0 spiro atoms. The molecule has 1 aliphatic rings. The Morgan fingerprint density at radius 1 is 1.44 bits per heavy atom. The number of rotatable bonds is 3. The van der Waals surface area contributed by atoms with Gasteiger partial charge in [0.2, 0.25) is 0 Å². The minimum absolute atomic E-state index is 0.00799. The average molecular weight is 248 g/mol. The number of carboxylic acid groups (broad SMARTS) is 1. The zero-order chi connectivity index (χ0) is 13.1. The Bertz CT molecular complexity index is 473. The number of aliphatic carboxylic acids is 1. The molecule has 0 bridgehead atoms. The quantitative estimate of drug-likeness (QED) is 0.791. The largest absolute Gasteiger partial charge is 0.481 e. The van der Waals surface area contributed by atoms with E-state index in [-0.39, 0.29) is 18.4 Å². The van der Waals surface area contributed by atoms with Gasteiger partial charge in [0.25, 0.3) is 5.91 Å². The second-order valence-electron chi connectivity index (χ2n) is 4.52. The molecule has 1 saturated heterocycles. The molecule has 0 radical (unpaired) electrons. The van der Waals surface area contributed by atoms with E-state index in [1.165, 1.54) is 0 Å². The summed E-state index contributed by atoms with van der Waals surface area (Å²) >= 11 is 0. The summed E-state index contributed by atoms with van der Waals surface area (Å²) in [6, 6.07) is 6.57. The number of nitrogen functional groups attached to an aromatic ring is 1. The van der Waals surface area contributed by atoms with Gasteiger partial charge in [-0.05, 0) is 31.0 Å². The molecule has 1 atom stereocenters. The molecule has 5 nitrogen and oxygen atoms in total. The molecule has 1 fully saturated rings. The highest BCUT2D eigenvalue weighted by atomic mass is 16.4. The Hall–Kier alpha value is -2.04. The van der Waals surface area contributed by atoms with Crippen LogP contribution in [0.15, 0.2) is 24.3 Å². The SMILES string of the molecule is Nc1cccc(C(=O)N2CCCC2CC(=O)O)c1. The number of hydrogen-bond donors (Lipinski definition) is 2. The van der Waals surface area contributed by atoms with Gasteiger partial charge in [0.05, 0.1) is 6.42 Å². The fourth-order valence-electron chi connectivity index (χ4n) is 2.35. The zero-order valence-electron chi connectivity index (χ0n) is 10.0. The van der Waals surface area contributed by atoms with Crippen molar-refractivity contribution >= 4 is 17.6 Å². The second-order valence-corrected chi connectivity index (χ2v) is 4.52. The van der Waals surface area contributed by atoms with E-state index in [0.717, 1.165) is 12.8 Å². The summed E-state index contributed by atoms with van der Waals surface area (Å²) in [7, 11) is 0. The van der Waals surface area contributed by atoms with Crippen LogP contribution in [0, 0.1) is 0 Å². The van der Waals surface area contributed by atoms with E-state index < -0.39 is 5.97 Å². The Balaban J connectivity index is 2.15. The van der Waals surface area contributed by atoms with Crippen LogP contribution in [-0.2, 0) is 4.79 Å². The van der Waals surface area contributed by atoms with Gasteiger partial charge in [-0.3, -0.25) is 9.59 Å². The van der Waals surface area contributed by atoms with Gasteiger partial charge in [0.15, 0.2) is 0 Å². The predicted octanol–water partition coefficient (Wildman–Crippen LogP) is 1.35. The van der Waals surface area contributed by atoms with Gasteiger partial charge < -0.3 is 15.7 Å². The first-order valence-electron chi connectivity index (χ1n) is 5.96. The normalized spacial score (nSPS) is 18.9. The van der Waals surface area contributed by atoms with Crippen LogP contribution in [-0.4, -0.2) is 34.5 Å². The van der Waals surface area contributed by atoms with Gasteiger partial charge >= 0.3 is 5.97 Å². The van der Waals surface area contributed by atoms with Gasteiger partial charge in [0, 0.05) is 23.8 Å². The first kappa shape index (κ1) is 12.4. The van der Waals surface area contributed by atoms with E-state index in [2.05, 4.69) is 0 Å². The Morgan fingerprint density at radius 2 is 2.22 bits per heavy atom. The van der Waals surface area contributed by atoms with Crippen LogP contribution >= 0.6 is 0 Å². The fourth-order valence-corrected chi connectivity index (χ4v) is 2.35. The van der Waals surface area contributed by atoms with Crippen molar-refractivity contribution in [2.24, 2.45) is 0 Å². The highest BCUT2D eigenvalue weighted by Crippen LogP contribution is 2.23. The third-order valence-electron chi connectivity index (χ3n) is 3.18. The zero-order valence-corrected chi connectivity index (χ0v) is 10.0. The predicted molar refractivity (Wildman–Crippen MR) is 67.2 cm³/mol. The maximum atomic E-state index is 12.3. The molecule has 1 aliphatic heterocycles. The number of amides is 1. The molecule has 5 heteroatoms. The van der Waals surface area contributed by atoms with Crippen LogP contribution in [0.25, 0.3) is 0 Å². The van der Waals surface area contributed by atoms with Crippen molar-refractivity contribution in [1.82, 2.24) is 4.90 Å². The van der Waals surface area contributed by atoms with Crippen molar-refractivity contribution in [3.8, 4) is 0 Å². The molecule has 1 aromatic rings. The molecular weight excluding hydrogens is 232 g/mol. The average Bonchev–Trinajstić information content (AvgIpc) is 2.75. The number of hydrogen-bond acceptors (Lipinski definition) is 3. The number of likely N-dealkylation sites (tertiary alicyclic amines) is 1. The molecule has 0 aliphatic carbocycles. The third-order valence-corrected chi connectivity index (χ3v) is 3.18. The minimum atomic E-state index is -0.868. The van der Waals surface area contributed by atoms with E-state index in [0.29, 0.717) is 17.8 Å². The number of anilines is 1. The summed E-state index contributed by atoms with van der Waals surface area (Å²) in [6.07, 6.45) is 1.61.